The van der Waals surface area contributed by atoms with Gasteiger partial charge in [0.25, 0.3) is 0 Å². The van der Waals surface area contributed by atoms with Crippen LogP contribution < -0.4 is 0 Å². The molecule has 0 saturated carbocycles. The Labute approximate surface area is 115 Å². The SMILES string of the molecule is N#Cc1cc2ccccc2nc1-c1ccc(Cl)cc1. The van der Waals surface area contributed by atoms with Crippen LogP contribution in [0.4, 0.5) is 0 Å². The van der Waals surface area contributed by atoms with Gasteiger partial charge in [-0.15, -0.1) is 0 Å². The molecule has 0 fully saturated rings. The average Bonchev–Trinajstić information content (AvgIpc) is 2.46. The van der Waals surface area contributed by atoms with Crippen molar-refractivity contribution >= 4 is 22.5 Å². The van der Waals surface area contributed by atoms with E-state index in [1.54, 1.807) is 12.1 Å². The van der Waals surface area contributed by atoms with Crippen LogP contribution in [0.5, 0.6) is 0 Å². The standard InChI is InChI=1S/C16H9ClN2/c17-14-7-5-11(6-8-14)16-13(10-18)9-12-3-1-2-4-15(12)19-16/h1-9H. The minimum atomic E-state index is 0.570. The number of halogens is 1. The van der Waals surface area contributed by atoms with E-state index in [2.05, 4.69) is 11.1 Å². The molecule has 0 N–H and O–H groups in total. The van der Waals surface area contributed by atoms with Crippen LogP contribution in [0, 0.1) is 11.3 Å². The number of nitrogens with zero attached hydrogens (tertiary/aromatic N) is 2. The maximum absolute atomic E-state index is 9.28. The lowest BCUT2D eigenvalue weighted by molar-refractivity contribution is 1.36. The first-order valence-electron chi connectivity index (χ1n) is 5.84. The quantitative estimate of drug-likeness (QED) is 0.652. The zero-order valence-corrected chi connectivity index (χ0v) is 10.7. The van der Waals surface area contributed by atoms with Crippen LogP contribution in [0.15, 0.2) is 54.6 Å². The van der Waals surface area contributed by atoms with E-state index < -0.39 is 0 Å². The molecule has 0 unspecified atom stereocenters. The summed E-state index contributed by atoms with van der Waals surface area (Å²) in [6.07, 6.45) is 0. The van der Waals surface area contributed by atoms with Crippen LogP contribution in [0.3, 0.4) is 0 Å². The minimum absolute atomic E-state index is 0.570. The summed E-state index contributed by atoms with van der Waals surface area (Å²) in [6.45, 7) is 0. The predicted molar refractivity (Wildman–Crippen MR) is 76.9 cm³/mol. The zero-order valence-electron chi connectivity index (χ0n) is 9.97. The summed E-state index contributed by atoms with van der Waals surface area (Å²) in [7, 11) is 0. The Morgan fingerprint density at radius 1 is 1.00 bits per heavy atom. The number of hydrogen-bond acceptors (Lipinski definition) is 2. The Bertz CT molecular complexity index is 786. The van der Waals surface area contributed by atoms with Crippen LogP contribution >= 0.6 is 11.6 Å². The van der Waals surface area contributed by atoms with Gasteiger partial charge in [-0.3, -0.25) is 0 Å². The summed E-state index contributed by atoms with van der Waals surface area (Å²) in [6, 6.07) is 19.2. The number of pyridine rings is 1. The number of fused-ring (bicyclic) bond motifs is 1. The molecule has 0 aliphatic carbocycles. The van der Waals surface area contributed by atoms with E-state index in [4.69, 9.17) is 11.6 Å². The lowest BCUT2D eigenvalue weighted by Gasteiger charge is -2.06. The van der Waals surface area contributed by atoms with Gasteiger partial charge in [0.05, 0.1) is 16.8 Å². The van der Waals surface area contributed by atoms with Crippen LogP contribution in [0.2, 0.25) is 5.02 Å². The van der Waals surface area contributed by atoms with Crippen molar-refractivity contribution in [1.29, 1.82) is 5.26 Å². The molecule has 1 aromatic heterocycles. The molecule has 3 heteroatoms. The number of aromatic nitrogens is 1. The van der Waals surface area contributed by atoms with Crippen LogP contribution in [0.25, 0.3) is 22.2 Å². The highest BCUT2D eigenvalue weighted by Crippen LogP contribution is 2.26. The van der Waals surface area contributed by atoms with Crippen LogP contribution in [0.1, 0.15) is 5.56 Å². The summed E-state index contributed by atoms with van der Waals surface area (Å²) in [5.74, 6) is 0. The lowest BCUT2D eigenvalue weighted by Crippen LogP contribution is -1.90. The van der Waals surface area contributed by atoms with Gasteiger partial charge in [-0.25, -0.2) is 4.98 Å². The third kappa shape index (κ3) is 2.16. The highest BCUT2D eigenvalue weighted by atomic mass is 35.5. The molecule has 0 aliphatic rings. The molecule has 19 heavy (non-hydrogen) atoms. The molecule has 1 heterocycles. The largest absolute Gasteiger partial charge is 0.246 e. The molecular formula is C16H9ClN2. The van der Waals surface area contributed by atoms with Crippen molar-refractivity contribution in [3.63, 3.8) is 0 Å². The van der Waals surface area contributed by atoms with Crippen molar-refractivity contribution in [2.24, 2.45) is 0 Å². The van der Waals surface area contributed by atoms with Gasteiger partial charge in [-0.1, -0.05) is 41.9 Å². The van der Waals surface area contributed by atoms with Gasteiger partial charge in [0.15, 0.2) is 0 Å². The van der Waals surface area contributed by atoms with Gasteiger partial charge in [-0.05, 0) is 24.3 Å². The Hall–Kier alpha value is -2.37. The smallest absolute Gasteiger partial charge is 0.101 e. The van der Waals surface area contributed by atoms with Crippen molar-refractivity contribution in [1.82, 2.24) is 4.98 Å². The molecule has 0 radical (unpaired) electrons. The van der Waals surface area contributed by atoms with E-state index in [1.807, 2.05) is 42.5 Å². The van der Waals surface area contributed by atoms with E-state index >= 15 is 0 Å². The topological polar surface area (TPSA) is 36.7 Å². The lowest BCUT2D eigenvalue weighted by atomic mass is 10.0. The van der Waals surface area contributed by atoms with Gasteiger partial charge >= 0.3 is 0 Å². The second kappa shape index (κ2) is 4.72. The molecule has 3 aromatic rings. The molecular weight excluding hydrogens is 256 g/mol. The predicted octanol–water partition coefficient (Wildman–Crippen LogP) is 4.43. The highest BCUT2D eigenvalue weighted by molar-refractivity contribution is 6.30. The summed E-state index contributed by atoms with van der Waals surface area (Å²) >= 11 is 5.88. The van der Waals surface area contributed by atoms with Crippen molar-refractivity contribution in [2.45, 2.75) is 0 Å². The third-order valence-electron chi connectivity index (χ3n) is 2.96. The number of hydrogen-bond donors (Lipinski definition) is 0. The van der Waals surface area contributed by atoms with E-state index in [0.717, 1.165) is 16.5 Å². The Morgan fingerprint density at radius 2 is 1.74 bits per heavy atom. The number of nitriles is 1. The molecule has 0 saturated heterocycles. The molecule has 0 atom stereocenters. The summed E-state index contributed by atoms with van der Waals surface area (Å²) < 4.78 is 0. The fourth-order valence-corrected chi connectivity index (χ4v) is 2.15. The first-order chi connectivity index (χ1) is 9.28. The number of rotatable bonds is 1. The molecule has 0 spiro atoms. The maximum atomic E-state index is 9.28. The van der Waals surface area contributed by atoms with Gasteiger partial charge in [0.1, 0.15) is 6.07 Å². The molecule has 0 aliphatic heterocycles. The Kier molecular flexibility index (Phi) is 2.91. The summed E-state index contributed by atoms with van der Waals surface area (Å²) in [5, 5.41) is 10.9. The van der Waals surface area contributed by atoms with Crippen molar-refractivity contribution < 1.29 is 0 Å². The van der Waals surface area contributed by atoms with Crippen LogP contribution in [-0.2, 0) is 0 Å². The second-order valence-electron chi connectivity index (χ2n) is 4.20. The third-order valence-corrected chi connectivity index (χ3v) is 3.21. The van der Waals surface area contributed by atoms with E-state index in [1.165, 1.54) is 0 Å². The zero-order chi connectivity index (χ0) is 13.2. The number of benzene rings is 2. The molecule has 90 valence electrons. The first-order valence-corrected chi connectivity index (χ1v) is 6.21. The normalized spacial score (nSPS) is 10.3. The van der Waals surface area contributed by atoms with Crippen molar-refractivity contribution in [3.8, 4) is 17.3 Å². The van der Waals surface area contributed by atoms with Crippen molar-refractivity contribution in [3.05, 3.63) is 65.2 Å². The molecule has 3 rings (SSSR count). The van der Waals surface area contributed by atoms with E-state index in [-0.39, 0.29) is 0 Å². The fraction of sp³-hybridized carbons (Fsp3) is 0. The highest BCUT2D eigenvalue weighted by Gasteiger charge is 2.08. The van der Waals surface area contributed by atoms with Gasteiger partial charge in [-0.2, -0.15) is 5.26 Å². The Morgan fingerprint density at radius 3 is 2.47 bits per heavy atom. The second-order valence-corrected chi connectivity index (χ2v) is 4.63. The van der Waals surface area contributed by atoms with Gasteiger partial charge < -0.3 is 0 Å². The minimum Gasteiger partial charge on any atom is -0.246 e. The average molecular weight is 265 g/mol. The fourth-order valence-electron chi connectivity index (χ4n) is 2.03. The monoisotopic (exact) mass is 264 g/mol. The first kappa shape index (κ1) is 11.7. The number of para-hydroxylation sites is 1. The molecule has 2 aromatic carbocycles. The van der Waals surface area contributed by atoms with Gasteiger partial charge in [0.2, 0.25) is 0 Å². The molecule has 2 nitrogen and oxygen atoms in total. The Balaban J connectivity index is 2.27. The van der Waals surface area contributed by atoms with E-state index in [0.29, 0.717) is 16.3 Å². The van der Waals surface area contributed by atoms with Crippen molar-refractivity contribution in [2.75, 3.05) is 0 Å². The van der Waals surface area contributed by atoms with E-state index in [9.17, 15) is 5.26 Å². The summed E-state index contributed by atoms with van der Waals surface area (Å²) in [5.41, 5.74) is 3.04. The summed E-state index contributed by atoms with van der Waals surface area (Å²) in [4.78, 5) is 4.58. The van der Waals surface area contributed by atoms with Crippen LogP contribution in [-0.4, -0.2) is 4.98 Å². The molecule has 0 bridgehead atoms. The molecule has 0 amide bonds. The van der Waals surface area contributed by atoms with Gasteiger partial charge in [0, 0.05) is 16.0 Å². The maximum Gasteiger partial charge on any atom is 0.101 e.